The molecule has 2 aromatic heterocycles. The third-order valence-electron chi connectivity index (χ3n) is 4.03. The Morgan fingerprint density at radius 3 is 2.36 bits per heavy atom. The van der Waals surface area contributed by atoms with Crippen molar-refractivity contribution in [1.29, 1.82) is 0 Å². The molecule has 0 unspecified atom stereocenters. The summed E-state index contributed by atoms with van der Waals surface area (Å²) in [5, 5.41) is 0. The van der Waals surface area contributed by atoms with Crippen LogP contribution in [0.1, 0.15) is 43.5 Å². The van der Waals surface area contributed by atoms with Crippen LogP contribution in [0.4, 0.5) is 0 Å². The number of hydrogen-bond donors (Lipinski definition) is 1. The topological polar surface area (TPSA) is 41.6 Å². The van der Waals surface area contributed by atoms with Gasteiger partial charge >= 0.3 is 0 Å². The molecule has 0 aliphatic carbocycles. The molecular formula is C19H23N3. The summed E-state index contributed by atoms with van der Waals surface area (Å²) in [6.07, 6.45) is 10.4. The lowest BCUT2D eigenvalue weighted by Crippen LogP contribution is -1.89. The van der Waals surface area contributed by atoms with Gasteiger partial charge in [0.1, 0.15) is 5.82 Å². The standard InChI is InChI=1S/C19H23N3/c1(2-5-10-16-11-6-4-7-12-16)3-8-14-18-21-17-13-9-15-20-19(17)22-18/h4,6-7,9,11-13,15H,1-3,5,8,10,14H2,(H,20,21,22). The van der Waals surface area contributed by atoms with Gasteiger partial charge in [-0.15, -0.1) is 0 Å². The summed E-state index contributed by atoms with van der Waals surface area (Å²) >= 11 is 0. The van der Waals surface area contributed by atoms with Crippen LogP contribution < -0.4 is 0 Å². The summed E-state index contributed by atoms with van der Waals surface area (Å²) in [4.78, 5) is 12.1. The minimum absolute atomic E-state index is 0.834. The molecule has 3 heteroatoms. The monoisotopic (exact) mass is 293 g/mol. The minimum Gasteiger partial charge on any atom is -0.341 e. The summed E-state index contributed by atoms with van der Waals surface area (Å²) in [7, 11) is 0. The fourth-order valence-electron chi connectivity index (χ4n) is 2.81. The highest BCUT2D eigenvalue weighted by atomic mass is 15.0. The number of aryl methyl sites for hydroxylation is 2. The molecule has 0 atom stereocenters. The lowest BCUT2D eigenvalue weighted by atomic mass is 10.0. The predicted molar refractivity (Wildman–Crippen MR) is 90.8 cm³/mol. The smallest absolute Gasteiger partial charge is 0.177 e. The van der Waals surface area contributed by atoms with Gasteiger partial charge in [-0.2, -0.15) is 0 Å². The number of imidazole rings is 1. The number of hydrogen-bond acceptors (Lipinski definition) is 2. The second-order valence-corrected chi connectivity index (χ2v) is 5.81. The number of aromatic nitrogens is 3. The quantitative estimate of drug-likeness (QED) is 0.612. The van der Waals surface area contributed by atoms with Crippen LogP contribution >= 0.6 is 0 Å². The zero-order valence-electron chi connectivity index (χ0n) is 13.0. The van der Waals surface area contributed by atoms with E-state index in [9.17, 15) is 0 Å². The minimum atomic E-state index is 0.834. The van der Waals surface area contributed by atoms with Crippen LogP contribution in [0.3, 0.4) is 0 Å². The van der Waals surface area contributed by atoms with Gasteiger partial charge in [0.15, 0.2) is 5.65 Å². The molecule has 22 heavy (non-hydrogen) atoms. The Balaban J connectivity index is 1.30. The average Bonchev–Trinajstić information content (AvgIpc) is 2.97. The van der Waals surface area contributed by atoms with Gasteiger partial charge in [-0.25, -0.2) is 9.97 Å². The molecular weight excluding hydrogens is 270 g/mol. The normalized spacial score (nSPS) is 11.1. The zero-order chi connectivity index (χ0) is 15.0. The lowest BCUT2D eigenvalue weighted by Gasteiger charge is -2.02. The van der Waals surface area contributed by atoms with E-state index in [1.807, 2.05) is 12.1 Å². The van der Waals surface area contributed by atoms with E-state index >= 15 is 0 Å². The number of H-pyrrole nitrogens is 1. The molecule has 0 saturated carbocycles. The van der Waals surface area contributed by atoms with Crippen LogP contribution in [0, 0.1) is 0 Å². The first-order valence-electron chi connectivity index (χ1n) is 8.25. The lowest BCUT2D eigenvalue weighted by molar-refractivity contribution is 0.608. The first-order chi connectivity index (χ1) is 10.9. The SMILES string of the molecule is c1ccc(CCCCCCCc2nc3ncccc3[nH]2)cc1. The average molecular weight is 293 g/mol. The molecule has 0 aliphatic rings. The molecule has 0 spiro atoms. The third kappa shape index (κ3) is 4.17. The molecule has 0 aliphatic heterocycles. The number of nitrogens with one attached hydrogen (secondary N) is 1. The molecule has 114 valence electrons. The maximum Gasteiger partial charge on any atom is 0.177 e. The molecule has 0 fully saturated rings. The number of aromatic amines is 1. The third-order valence-corrected chi connectivity index (χ3v) is 4.03. The summed E-state index contributed by atoms with van der Waals surface area (Å²) in [6, 6.07) is 14.7. The molecule has 0 radical (unpaired) electrons. The highest BCUT2D eigenvalue weighted by Gasteiger charge is 2.02. The second kappa shape index (κ2) is 7.74. The second-order valence-electron chi connectivity index (χ2n) is 5.81. The maximum absolute atomic E-state index is 4.52. The summed E-state index contributed by atoms with van der Waals surface area (Å²) in [5.41, 5.74) is 3.33. The van der Waals surface area contributed by atoms with E-state index in [1.165, 1.54) is 44.1 Å². The molecule has 2 heterocycles. The van der Waals surface area contributed by atoms with E-state index in [0.717, 1.165) is 23.4 Å². The van der Waals surface area contributed by atoms with E-state index in [1.54, 1.807) is 6.20 Å². The van der Waals surface area contributed by atoms with Crippen LogP contribution in [0.25, 0.3) is 11.2 Å². The van der Waals surface area contributed by atoms with Gasteiger partial charge in [0.25, 0.3) is 0 Å². The Kier molecular flexibility index (Phi) is 5.19. The van der Waals surface area contributed by atoms with Crippen molar-refractivity contribution in [1.82, 2.24) is 15.0 Å². The van der Waals surface area contributed by atoms with Crippen LogP contribution in [0.2, 0.25) is 0 Å². The number of unbranched alkanes of at least 4 members (excludes halogenated alkanes) is 4. The predicted octanol–water partition coefficient (Wildman–Crippen LogP) is 4.69. The van der Waals surface area contributed by atoms with E-state index in [0.29, 0.717) is 0 Å². The zero-order valence-corrected chi connectivity index (χ0v) is 13.0. The van der Waals surface area contributed by atoms with Crippen molar-refractivity contribution in [3.8, 4) is 0 Å². The van der Waals surface area contributed by atoms with Crippen molar-refractivity contribution < 1.29 is 0 Å². The molecule has 3 aromatic rings. The summed E-state index contributed by atoms with van der Waals surface area (Å²) in [5.74, 6) is 1.07. The number of nitrogens with zero attached hydrogens (tertiary/aromatic N) is 2. The number of benzene rings is 1. The Labute approximate surface area is 131 Å². The van der Waals surface area contributed by atoms with E-state index in [-0.39, 0.29) is 0 Å². The number of fused-ring (bicyclic) bond motifs is 1. The van der Waals surface area contributed by atoms with E-state index in [2.05, 4.69) is 45.3 Å². The van der Waals surface area contributed by atoms with E-state index < -0.39 is 0 Å². The van der Waals surface area contributed by atoms with Crippen molar-refractivity contribution in [2.24, 2.45) is 0 Å². The van der Waals surface area contributed by atoms with Crippen LogP contribution in [0.5, 0.6) is 0 Å². The van der Waals surface area contributed by atoms with Gasteiger partial charge < -0.3 is 4.98 Å². The fourth-order valence-corrected chi connectivity index (χ4v) is 2.81. The molecule has 0 bridgehead atoms. The number of pyridine rings is 1. The van der Waals surface area contributed by atoms with Gasteiger partial charge in [0.05, 0.1) is 5.52 Å². The Morgan fingerprint density at radius 1 is 0.773 bits per heavy atom. The van der Waals surface area contributed by atoms with Crippen molar-refractivity contribution in [2.45, 2.75) is 44.9 Å². The van der Waals surface area contributed by atoms with Crippen molar-refractivity contribution >= 4 is 11.2 Å². The number of rotatable bonds is 8. The highest BCUT2D eigenvalue weighted by molar-refractivity contribution is 5.69. The van der Waals surface area contributed by atoms with Gasteiger partial charge in [0.2, 0.25) is 0 Å². The van der Waals surface area contributed by atoms with E-state index in [4.69, 9.17) is 0 Å². The first-order valence-corrected chi connectivity index (χ1v) is 8.25. The Bertz CT molecular complexity index is 655. The molecule has 3 rings (SSSR count). The largest absolute Gasteiger partial charge is 0.341 e. The van der Waals surface area contributed by atoms with Crippen LogP contribution in [-0.2, 0) is 12.8 Å². The Hall–Kier alpha value is -2.16. The molecule has 3 nitrogen and oxygen atoms in total. The highest BCUT2D eigenvalue weighted by Crippen LogP contribution is 2.12. The maximum atomic E-state index is 4.52. The van der Waals surface area contributed by atoms with Gasteiger partial charge in [-0.1, -0.05) is 49.6 Å². The van der Waals surface area contributed by atoms with Gasteiger partial charge in [0, 0.05) is 12.6 Å². The summed E-state index contributed by atoms with van der Waals surface area (Å²) in [6.45, 7) is 0. The molecule has 0 saturated heterocycles. The van der Waals surface area contributed by atoms with Gasteiger partial charge in [-0.3, -0.25) is 0 Å². The summed E-state index contributed by atoms with van der Waals surface area (Å²) < 4.78 is 0. The van der Waals surface area contributed by atoms with Crippen LogP contribution in [-0.4, -0.2) is 15.0 Å². The van der Waals surface area contributed by atoms with Crippen molar-refractivity contribution in [2.75, 3.05) is 0 Å². The molecule has 0 amide bonds. The Morgan fingerprint density at radius 2 is 1.55 bits per heavy atom. The van der Waals surface area contributed by atoms with Gasteiger partial charge in [-0.05, 0) is 37.0 Å². The van der Waals surface area contributed by atoms with Crippen molar-refractivity contribution in [3.05, 3.63) is 60.0 Å². The van der Waals surface area contributed by atoms with Crippen molar-refractivity contribution in [3.63, 3.8) is 0 Å². The fraction of sp³-hybridized carbons (Fsp3) is 0.368. The van der Waals surface area contributed by atoms with Crippen LogP contribution in [0.15, 0.2) is 48.7 Å². The first kappa shape index (κ1) is 14.8. The molecule has 1 aromatic carbocycles. The molecule has 1 N–H and O–H groups in total.